The lowest BCUT2D eigenvalue weighted by atomic mass is 9.92. The summed E-state index contributed by atoms with van der Waals surface area (Å²) in [6, 6.07) is 19.5. The van der Waals surface area contributed by atoms with Crippen molar-refractivity contribution in [3.63, 3.8) is 0 Å². The van der Waals surface area contributed by atoms with E-state index in [9.17, 15) is 14.7 Å². The van der Waals surface area contributed by atoms with Crippen LogP contribution in [0.2, 0.25) is 5.02 Å². The Hall–Kier alpha value is -4.08. The topological polar surface area (TPSA) is 90.6 Å². The number of carbonyl (C=O) groups is 2. The van der Waals surface area contributed by atoms with Gasteiger partial charge in [0.2, 0.25) is 0 Å². The summed E-state index contributed by atoms with van der Waals surface area (Å²) in [5.41, 5.74) is 2.52. The minimum atomic E-state index is -0.886. The first-order chi connectivity index (χ1) is 15.9. The lowest BCUT2D eigenvalue weighted by molar-refractivity contribution is -0.132. The van der Waals surface area contributed by atoms with E-state index in [0.717, 1.165) is 5.56 Å². The van der Waals surface area contributed by atoms with Crippen molar-refractivity contribution < 1.29 is 19.4 Å². The third kappa shape index (κ3) is 3.84. The predicted molar refractivity (Wildman–Crippen MR) is 125 cm³/mol. The van der Waals surface area contributed by atoms with Crippen LogP contribution in [0.15, 0.2) is 72.3 Å². The summed E-state index contributed by atoms with van der Waals surface area (Å²) in [6.07, 6.45) is 0. The number of hydrogen-bond acceptors (Lipinski definition) is 5. The molecule has 4 rings (SSSR count). The van der Waals surface area contributed by atoms with Crippen molar-refractivity contribution in [1.82, 2.24) is 0 Å². The molecule has 3 aromatic carbocycles. The van der Waals surface area contributed by atoms with Crippen molar-refractivity contribution in [3.05, 3.63) is 99.6 Å². The Labute approximate surface area is 195 Å². The first-order valence-corrected chi connectivity index (χ1v) is 10.5. The van der Waals surface area contributed by atoms with Crippen LogP contribution in [-0.4, -0.2) is 23.9 Å². The highest BCUT2D eigenvalue weighted by Crippen LogP contribution is 2.44. The molecule has 1 aliphatic heterocycles. The van der Waals surface area contributed by atoms with Gasteiger partial charge in [0.25, 0.3) is 11.7 Å². The fraction of sp³-hybridized carbons (Fsp3) is 0.115. The number of amides is 1. The number of aryl methyl sites for hydroxylation is 1. The predicted octanol–water partition coefficient (Wildman–Crippen LogP) is 5.16. The average Bonchev–Trinajstić information content (AvgIpc) is 3.09. The first-order valence-electron chi connectivity index (χ1n) is 10.1. The number of rotatable bonds is 4. The quantitative estimate of drug-likeness (QED) is 0.331. The molecule has 1 atom stereocenters. The molecule has 7 heteroatoms. The third-order valence-electron chi connectivity index (χ3n) is 5.62. The van der Waals surface area contributed by atoms with E-state index < -0.39 is 17.7 Å². The molecule has 0 bridgehead atoms. The molecule has 6 nitrogen and oxygen atoms in total. The molecule has 1 unspecified atom stereocenters. The van der Waals surface area contributed by atoms with E-state index in [2.05, 4.69) is 0 Å². The Balaban J connectivity index is 2.00. The van der Waals surface area contributed by atoms with Gasteiger partial charge in [0.15, 0.2) is 0 Å². The van der Waals surface area contributed by atoms with Crippen LogP contribution in [0.4, 0.5) is 5.69 Å². The number of nitriles is 1. The summed E-state index contributed by atoms with van der Waals surface area (Å²) in [4.78, 5) is 27.8. The molecular weight excluding hydrogens is 440 g/mol. The monoisotopic (exact) mass is 458 g/mol. The fourth-order valence-electron chi connectivity index (χ4n) is 3.99. The average molecular weight is 459 g/mol. The van der Waals surface area contributed by atoms with Crippen molar-refractivity contribution >= 4 is 34.7 Å². The van der Waals surface area contributed by atoms with E-state index in [-0.39, 0.29) is 16.9 Å². The lowest BCUT2D eigenvalue weighted by Crippen LogP contribution is -2.29. The molecule has 1 N–H and O–H groups in total. The highest BCUT2D eigenvalue weighted by atomic mass is 35.5. The van der Waals surface area contributed by atoms with Crippen LogP contribution in [-0.2, 0) is 9.59 Å². The van der Waals surface area contributed by atoms with Crippen molar-refractivity contribution in [2.24, 2.45) is 0 Å². The number of carbonyl (C=O) groups excluding carboxylic acids is 2. The Morgan fingerprint density at radius 2 is 1.79 bits per heavy atom. The molecular formula is C26H19ClN2O4. The number of ether oxygens (including phenoxy) is 1. The van der Waals surface area contributed by atoms with E-state index in [4.69, 9.17) is 21.6 Å². The third-order valence-corrected chi connectivity index (χ3v) is 5.85. The maximum atomic E-state index is 13.3. The zero-order chi connectivity index (χ0) is 23.7. The lowest BCUT2D eigenvalue weighted by Gasteiger charge is -2.26. The number of nitrogens with zero attached hydrogens (tertiary/aromatic N) is 2. The van der Waals surface area contributed by atoms with Gasteiger partial charge in [0, 0.05) is 10.7 Å². The number of aliphatic hydroxyl groups is 1. The molecule has 33 heavy (non-hydrogen) atoms. The van der Waals surface area contributed by atoms with Crippen LogP contribution in [0, 0.1) is 18.3 Å². The highest BCUT2D eigenvalue weighted by Gasteiger charge is 2.47. The normalized spacial score (nSPS) is 17.2. The summed E-state index contributed by atoms with van der Waals surface area (Å²) in [5, 5.41) is 20.8. The number of hydrogen-bond donors (Lipinski definition) is 1. The van der Waals surface area contributed by atoms with Gasteiger partial charge in [-0.15, -0.1) is 0 Å². The number of Topliss-reactive ketones (excluding diaryl/α,β-unsaturated/α-hetero) is 1. The molecule has 1 aliphatic rings. The number of ketones is 1. The van der Waals surface area contributed by atoms with Crippen LogP contribution in [0.3, 0.4) is 0 Å². The van der Waals surface area contributed by atoms with Crippen LogP contribution < -0.4 is 9.64 Å². The van der Waals surface area contributed by atoms with Gasteiger partial charge in [-0.25, -0.2) is 0 Å². The second kappa shape index (κ2) is 8.81. The van der Waals surface area contributed by atoms with Crippen LogP contribution in [0.5, 0.6) is 5.75 Å². The summed E-state index contributed by atoms with van der Waals surface area (Å²) in [6.45, 7) is 1.87. The molecule has 0 aliphatic carbocycles. The van der Waals surface area contributed by atoms with Gasteiger partial charge in [-0.2, -0.15) is 5.26 Å². The summed E-state index contributed by atoms with van der Waals surface area (Å²) in [7, 11) is 1.44. The fourth-order valence-corrected chi connectivity index (χ4v) is 4.17. The zero-order valence-electron chi connectivity index (χ0n) is 17.9. The van der Waals surface area contributed by atoms with Crippen molar-refractivity contribution in [2.75, 3.05) is 12.0 Å². The molecule has 1 heterocycles. The largest absolute Gasteiger partial charge is 0.507 e. The standard InChI is InChI=1S/C26H19ClN2O4/c1-15-5-3-4-6-19(15)23-22(24(30)20-13-17(27)9-12-21(20)33-2)25(31)26(32)29(23)18-10-7-16(14-28)8-11-18/h3-13,23,30H,1-2H3/b24-22+. The summed E-state index contributed by atoms with van der Waals surface area (Å²) in [5.74, 6) is -1.68. The second-order valence-electron chi connectivity index (χ2n) is 7.53. The maximum Gasteiger partial charge on any atom is 0.300 e. The second-order valence-corrected chi connectivity index (χ2v) is 7.97. The minimum Gasteiger partial charge on any atom is -0.507 e. The molecule has 3 aromatic rings. The van der Waals surface area contributed by atoms with Gasteiger partial charge in [0.1, 0.15) is 11.5 Å². The van der Waals surface area contributed by atoms with Crippen LogP contribution in [0.25, 0.3) is 5.76 Å². The zero-order valence-corrected chi connectivity index (χ0v) is 18.6. The van der Waals surface area contributed by atoms with Crippen LogP contribution >= 0.6 is 11.6 Å². The SMILES string of the molecule is COc1ccc(Cl)cc1/C(O)=C1\C(=O)C(=O)N(c2ccc(C#N)cc2)C1c1ccccc1C. The van der Waals surface area contributed by atoms with E-state index in [1.807, 2.05) is 31.2 Å². The van der Waals surface area contributed by atoms with E-state index in [1.54, 1.807) is 42.5 Å². The molecule has 1 saturated heterocycles. The molecule has 1 amide bonds. The van der Waals surface area contributed by atoms with Crippen LogP contribution in [0.1, 0.15) is 28.3 Å². The number of methoxy groups -OCH3 is 1. The Kier molecular flexibility index (Phi) is 5.91. The molecule has 0 spiro atoms. The number of aliphatic hydroxyl groups excluding tert-OH is 1. The maximum absolute atomic E-state index is 13.3. The van der Waals surface area contributed by atoms with E-state index in [0.29, 0.717) is 27.6 Å². The van der Waals surface area contributed by atoms with Gasteiger partial charge in [-0.1, -0.05) is 35.9 Å². The number of anilines is 1. The molecule has 164 valence electrons. The van der Waals surface area contributed by atoms with Crippen molar-refractivity contribution in [2.45, 2.75) is 13.0 Å². The van der Waals surface area contributed by atoms with E-state index in [1.165, 1.54) is 18.1 Å². The number of halogens is 1. The van der Waals surface area contributed by atoms with Crippen molar-refractivity contribution in [3.8, 4) is 11.8 Å². The van der Waals surface area contributed by atoms with Gasteiger partial charge >= 0.3 is 0 Å². The Morgan fingerprint density at radius 3 is 2.42 bits per heavy atom. The number of benzene rings is 3. The van der Waals surface area contributed by atoms with E-state index >= 15 is 0 Å². The summed E-state index contributed by atoms with van der Waals surface area (Å²) >= 11 is 6.14. The molecule has 0 aromatic heterocycles. The molecule has 0 radical (unpaired) electrons. The summed E-state index contributed by atoms with van der Waals surface area (Å²) < 4.78 is 5.35. The van der Waals surface area contributed by atoms with Gasteiger partial charge in [0.05, 0.1) is 35.9 Å². The smallest absolute Gasteiger partial charge is 0.300 e. The van der Waals surface area contributed by atoms with Gasteiger partial charge in [-0.3, -0.25) is 14.5 Å². The van der Waals surface area contributed by atoms with Crippen molar-refractivity contribution in [1.29, 1.82) is 5.26 Å². The Morgan fingerprint density at radius 1 is 1.09 bits per heavy atom. The van der Waals surface area contributed by atoms with Gasteiger partial charge < -0.3 is 9.84 Å². The molecule has 0 saturated carbocycles. The Bertz CT molecular complexity index is 1340. The van der Waals surface area contributed by atoms with Gasteiger partial charge in [-0.05, 0) is 60.5 Å². The molecule has 1 fully saturated rings. The first kappa shape index (κ1) is 22.1. The minimum absolute atomic E-state index is 0.0702. The highest BCUT2D eigenvalue weighted by molar-refractivity contribution is 6.51.